The van der Waals surface area contributed by atoms with Gasteiger partial charge in [-0.2, -0.15) is 8.42 Å². The van der Waals surface area contributed by atoms with Gasteiger partial charge in [0.2, 0.25) is 0 Å². The summed E-state index contributed by atoms with van der Waals surface area (Å²) in [6.45, 7) is 0.397. The van der Waals surface area contributed by atoms with Gasteiger partial charge in [0.05, 0.1) is 12.4 Å². The normalized spacial score (nSPS) is 11.9. The zero-order chi connectivity index (χ0) is 12.3. The van der Waals surface area contributed by atoms with Crippen molar-refractivity contribution in [2.75, 3.05) is 12.4 Å². The molecule has 98 valence electrons. The highest BCUT2D eigenvalue weighted by Crippen LogP contribution is 2.09. The summed E-state index contributed by atoms with van der Waals surface area (Å²) in [5, 5.41) is 8.06. The van der Waals surface area contributed by atoms with Gasteiger partial charge in [0.1, 0.15) is 0 Å². The average molecular weight is 254 g/mol. The van der Waals surface area contributed by atoms with E-state index in [0.29, 0.717) is 13.0 Å². The number of unbranched alkanes of at least 4 members (excludes halogenated alkanes) is 7. The van der Waals surface area contributed by atoms with E-state index in [1.165, 1.54) is 0 Å². The van der Waals surface area contributed by atoms with Crippen LogP contribution in [0.15, 0.2) is 0 Å². The van der Waals surface area contributed by atoms with Crippen LogP contribution in [-0.2, 0) is 15.0 Å². The van der Waals surface area contributed by atoms with Gasteiger partial charge in [-0.1, -0.05) is 38.5 Å². The average Bonchev–Trinajstić information content (AvgIpc) is 2.19. The van der Waals surface area contributed by atoms with E-state index in [2.05, 4.69) is 4.89 Å². The molecule has 0 fully saturated rings. The van der Waals surface area contributed by atoms with Crippen molar-refractivity contribution in [2.24, 2.45) is 0 Å². The molecule has 0 atom stereocenters. The van der Waals surface area contributed by atoms with E-state index < -0.39 is 10.1 Å². The van der Waals surface area contributed by atoms with Crippen LogP contribution < -0.4 is 0 Å². The van der Waals surface area contributed by atoms with Crippen molar-refractivity contribution in [1.82, 2.24) is 0 Å². The summed E-state index contributed by atoms with van der Waals surface area (Å²) in [5.74, 6) is -0.124. The lowest BCUT2D eigenvalue weighted by atomic mass is 10.1. The lowest BCUT2D eigenvalue weighted by molar-refractivity contribution is -0.242. The maximum Gasteiger partial charge on any atom is 0.264 e. The highest BCUT2D eigenvalue weighted by atomic mass is 32.2. The Balaban J connectivity index is 3.05. The number of hydrogen-bond donors (Lipinski definition) is 2. The highest BCUT2D eigenvalue weighted by molar-refractivity contribution is 7.85. The summed E-state index contributed by atoms with van der Waals surface area (Å²) in [7, 11) is -3.77. The molecular weight excluding hydrogens is 232 g/mol. The fourth-order valence-corrected chi connectivity index (χ4v) is 2.08. The van der Waals surface area contributed by atoms with Crippen molar-refractivity contribution in [3.05, 3.63) is 0 Å². The summed E-state index contributed by atoms with van der Waals surface area (Å²) in [6.07, 6.45) is 7.64. The molecule has 0 saturated carbocycles. The Bertz CT molecular complexity index is 238. The van der Waals surface area contributed by atoms with Gasteiger partial charge in [-0.3, -0.25) is 9.81 Å². The van der Waals surface area contributed by atoms with Gasteiger partial charge >= 0.3 is 0 Å². The van der Waals surface area contributed by atoms with Crippen LogP contribution in [-0.4, -0.2) is 30.6 Å². The molecule has 0 amide bonds. The minimum Gasteiger partial charge on any atom is -0.286 e. The molecule has 0 aromatic rings. The van der Waals surface area contributed by atoms with Crippen LogP contribution in [0, 0.1) is 0 Å². The standard InChI is InChI=1S/C10H22O5S/c11-15-9-7-5-3-1-2-4-6-8-10-16(12,13)14/h11H,1-10H2,(H,12,13,14). The molecule has 0 aliphatic carbocycles. The maximum atomic E-state index is 10.4. The van der Waals surface area contributed by atoms with Crippen molar-refractivity contribution in [3.8, 4) is 0 Å². The van der Waals surface area contributed by atoms with Gasteiger partial charge < -0.3 is 0 Å². The number of rotatable bonds is 11. The van der Waals surface area contributed by atoms with Crippen LogP contribution in [0.1, 0.15) is 51.4 Å². The van der Waals surface area contributed by atoms with Crippen LogP contribution in [0.4, 0.5) is 0 Å². The van der Waals surface area contributed by atoms with E-state index in [0.717, 1.165) is 44.9 Å². The molecule has 0 heterocycles. The topological polar surface area (TPSA) is 83.8 Å². The van der Waals surface area contributed by atoms with E-state index in [-0.39, 0.29) is 5.75 Å². The summed E-state index contributed by atoms with van der Waals surface area (Å²) in [4.78, 5) is 3.95. The van der Waals surface area contributed by atoms with Gasteiger partial charge in [0, 0.05) is 0 Å². The Morgan fingerprint density at radius 3 is 1.69 bits per heavy atom. The first-order chi connectivity index (χ1) is 7.56. The van der Waals surface area contributed by atoms with E-state index in [9.17, 15) is 8.42 Å². The second-order valence-electron chi connectivity index (χ2n) is 3.95. The molecule has 16 heavy (non-hydrogen) atoms. The van der Waals surface area contributed by atoms with E-state index >= 15 is 0 Å². The monoisotopic (exact) mass is 254 g/mol. The Morgan fingerprint density at radius 2 is 1.25 bits per heavy atom. The molecule has 0 radical (unpaired) electrons. The molecule has 0 aliphatic heterocycles. The fraction of sp³-hybridized carbons (Fsp3) is 1.00. The van der Waals surface area contributed by atoms with Crippen molar-refractivity contribution < 1.29 is 23.1 Å². The smallest absolute Gasteiger partial charge is 0.264 e. The fourth-order valence-electron chi connectivity index (χ4n) is 1.51. The van der Waals surface area contributed by atoms with Crippen molar-refractivity contribution in [1.29, 1.82) is 0 Å². The molecular formula is C10H22O5S. The van der Waals surface area contributed by atoms with Crippen LogP contribution in [0.25, 0.3) is 0 Å². The van der Waals surface area contributed by atoms with Crippen LogP contribution in [0.5, 0.6) is 0 Å². The van der Waals surface area contributed by atoms with E-state index in [1.807, 2.05) is 0 Å². The van der Waals surface area contributed by atoms with E-state index in [1.54, 1.807) is 0 Å². The molecule has 0 bridgehead atoms. The molecule has 0 aromatic carbocycles. The van der Waals surface area contributed by atoms with Gasteiger partial charge in [-0.15, -0.1) is 0 Å². The third kappa shape index (κ3) is 13.8. The first kappa shape index (κ1) is 15.8. The minimum atomic E-state index is -3.77. The van der Waals surface area contributed by atoms with Crippen LogP contribution in [0.3, 0.4) is 0 Å². The predicted octanol–water partition coefficient (Wildman–Crippen LogP) is 2.48. The summed E-state index contributed by atoms with van der Waals surface area (Å²) >= 11 is 0. The third-order valence-corrected chi connectivity index (χ3v) is 3.19. The zero-order valence-electron chi connectivity index (χ0n) is 9.60. The molecule has 0 aromatic heterocycles. The van der Waals surface area contributed by atoms with E-state index in [4.69, 9.17) is 9.81 Å². The second-order valence-corrected chi connectivity index (χ2v) is 5.52. The molecule has 0 spiro atoms. The highest BCUT2D eigenvalue weighted by Gasteiger charge is 2.02. The molecule has 6 heteroatoms. The van der Waals surface area contributed by atoms with Crippen LogP contribution >= 0.6 is 0 Å². The molecule has 0 rings (SSSR count). The Labute approximate surface area is 97.5 Å². The molecule has 0 unspecified atom stereocenters. The quantitative estimate of drug-likeness (QED) is 0.256. The Hall–Kier alpha value is -0.170. The molecule has 0 saturated heterocycles. The van der Waals surface area contributed by atoms with Crippen molar-refractivity contribution in [3.63, 3.8) is 0 Å². The maximum absolute atomic E-state index is 10.4. The first-order valence-electron chi connectivity index (χ1n) is 5.78. The predicted molar refractivity (Wildman–Crippen MR) is 61.9 cm³/mol. The summed E-state index contributed by atoms with van der Waals surface area (Å²) in [6, 6.07) is 0. The molecule has 0 aliphatic rings. The SMILES string of the molecule is O=S(=O)(O)CCCCCCCCCCOO. The summed E-state index contributed by atoms with van der Waals surface area (Å²) in [5.41, 5.74) is 0. The van der Waals surface area contributed by atoms with Gasteiger partial charge in [-0.25, -0.2) is 4.89 Å². The Morgan fingerprint density at radius 1 is 0.812 bits per heavy atom. The number of hydrogen-bond acceptors (Lipinski definition) is 4. The summed E-state index contributed by atoms with van der Waals surface area (Å²) < 4.78 is 29.3. The minimum absolute atomic E-state index is 0.124. The molecule has 5 nitrogen and oxygen atoms in total. The van der Waals surface area contributed by atoms with Gasteiger partial charge in [-0.05, 0) is 12.8 Å². The van der Waals surface area contributed by atoms with Gasteiger partial charge in [0.15, 0.2) is 0 Å². The lowest BCUT2D eigenvalue weighted by Gasteiger charge is -2.01. The molecule has 2 N–H and O–H groups in total. The second kappa shape index (κ2) is 10.0. The van der Waals surface area contributed by atoms with Crippen molar-refractivity contribution >= 4 is 10.1 Å². The largest absolute Gasteiger partial charge is 0.286 e. The van der Waals surface area contributed by atoms with Crippen LogP contribution in [0.2, 0.25) is 0 Å². The lowest BCUT2D eigenvalue weighted by Crippen LogP contribution is -2.03. The van der Waals surface area contributed by atoms with Gasteiger partial charge in [0.25, 0.3) is 10.1 Å². The van der Waals surface area contributed by atoms with Crippen molar-refractivity contribution in [2.45, 2.75) is 51.4 Å². The first-order valence-corrected chi connectivity index (χ1v) is 7.38. The third-order valence-electron chi connectivity index (χ3n) is 2.39. The zero-order valence-corrected chi connectivity index (χ0v) is 10.4. The Kier molecular flexibility index (Phi) is 9.91.